The molecule has 224 valence electrons. The first-order valence-corrected chi connectivity index (χ1v) is 16.3. The third-order valence-electron chi connectivity index (χ3n) is 7.27. The molecule has 0 amide bonds. The van der Waals surface area contributed by atoms with E-state index in [0.717, 1.165) is 17.7 Å². The summed E-state index contributed by atoms with van der Waals surface area (Å²) in [6.45, 7) is 2.26. The standard InChI is InChI=1S/C37H41NO4S/c1-2-3-4-5-6-7-8-9-10-11-12-29-13-17-31(18-14-29)36(39)41-35-23-19-33(20-24-35)38-27-30-15-21-34(22-16-30)42-37(40)32-25-26-43-28-32/h13-28H,2-12H2,1H3. The number of benzene rings is 3. The first kappa shape index (κ1) is 31.9. The first-order chi connectivity index (χ1) is 21.1. The summed E-state index contributed by atoms with van der Waals surface area (Å²) in [4.78, 5) is 29.2. The number of carbonyl (C=O) groups excluding carboxylic acids is 2. The zero-order chi connectivity index (χ0) is 30.1. The van der Waals surface area contributed by atoms with Crippen LogP contribution in [0.3, 0.4) is 0 Å². The molecule has 5 nitrogen and oxygen atoms in total. The van der Waals surface area contributed by atoms with Crippen molar-refractivity contribution in [2.45, 2.75) is 77.6 Å². The van der Waals surface area contributed by atoms with Crippen LogP contribution in [0.2, 0.25) is 0 Å². The highest BCUT2D eigenvalue weighted by molar-refractivity contribution is 7.08. The molecule has 6 heteroatoms. The molecule has 0 aliphatic rings. The molecule has 0 aliphatic carbocycles. The number of hydrogen-bond acceptors (Lipinski definition) is 6. The number of aryl methyl sites for hydroxylation is 1. The van der Waals surface area contributed by atoms with E-state index < -0.39 is 0 Å². The van der Waals surface area contributed by atoms with Crippen LogP contribution in [0.15, 0.2) is 94.6 Å². The maximum absolute atomic E-state index is 12.6. The second-order valence-electron chi connectivity index (χ2n) is 10.7. The second-order valence-corrected chi connectivity index (χ2v) is 11.5. The third-order valence-corrected chi connectivity index (χ3v) is 7.95. The molecule has 1 aromatic heterocycles. The van der Waals surface area contributed by atoms with Gasteiger partial charge in [-0.05, 0) is 96.1 Å². The van der Waals surface area contributed by atoms with Crippen LogP contribution in [0.5, 0.6) is 11.5 Å². The SMILES string of the molecule is CCCCCCCCCCCCc1ccc(C(=O)Oc2ccc(N=Cc3ccc(OC(=O)c4ccsc4)cc3)cc2)cc1. The Morgan fingerprint density at radius 2 is 1.21 bits per heavy atom. The van der Waals surface area contributed by atoms with E-state index in [1.54, 1.807) is 54.1 Å². The molecule has 0 saturated heterocycles. The smallest absolute Gasteiger partial charge is 0.344 e. The van der Waals surface area contributed by atoms with Crippen molar-refractivity contribution >= 4 is 35.2 Å². The minimum atomic E-state index is -0.375. The topological polar surface area (TPSA) is 65.0 Å². The second kappa shape index (κ2) is 17.8. The lowest BCUT2D eigenvalue weighted by molar-refractivity contribution is 0.0725. The normalized spacial score (nSPS) is 11.1. The van der Waals surface area contributed by atoms with Gasteiger partial charge in [-0.25, -0.2) is 9.59 Å². The van der Waals surface area contributed by atoms with E-state index in [2.05, 4.69) is 11.9 Å². The van der Waals surface area contributed by atoms with E-state index in [9.17, 15) is 9.59 Å². The van der Waals surface area contributed by atoms with Crippen LogP contribution in [0.25, 0.3) is 0 Å². The maximum atomic E-state index is 12.6. The number of carbonyl (C=O) groups is 2. The Morgan fingerprint density at radius 1 is 0.651 bits per heavy atom. The molecule has 0 unspecified atom stereocenters. The number of unbranched alkanes of at least 4 members (excludes halogenated alkanes) is 9. The van der Waals surface area contributed by atoms with E-state index in [1.165, 1.54) is 81.1 Å². The minimum Gasteiger partial charge on any atom is -0.423 e. The fourth-order valence-electron chi connectivity index (χ4n) is 4.71. The molecule has 0 aliphatic heterocycles. The van der Waals surface area contributed by atoms with Crippen LogP contribution in [0.4, 0.5) is 5.69 Å². The van der Waals surface area contributed by atoms with E-state index >= 15 is 0 Å². The summed E-state index contributed by atoms with van der Waals surface area (Å²) < 4.78 is 10.9. The van der Waals surface area contributed by atoms with Crippen molar-refractivity contribution < 1.29 is 19.1 Å². The van der Waals surface area contributed by atoms with Gasteiger partial charge in [0.05, 0.1) is 16.8 Å². The van der Waals surface area contributed by atoms with Crippen molar-refractivity contribution in [2.75, 3.05) is 0 Å². The Morgan fingerprint density at radius 3 is 1.79 bits per heavy atom. The Bertz CT molecular complexity index is 1410. The number of hydrogen-bond donors (Lipinski definition) is 0. The average molecular weight is 596 g/mol. The Kier molecular flexibility index (Phi) is 13.2. The van der Waals surface area contributed by atoms with Gasteiger partial charge in [0, 0.05) is 11.6 Å². The number of nitrogens with zero attached hydrogens (tertiary/aromatic N) is 1. The van der Waals surface area contributed by atoms with Crippen molar-refractivity contribution in [3.63, 3.8) is 0 Å². The molecule has 43 heavy (non-hydrogen) atoms. The number of aliphatic imine (C=N–C) groups is 1. The third kappa shape index (κ3) is 11.3. The minimum absolute atomic E-state index is 0.374. The van der Waals surface area contributed by atoms with E-state index in [-0.39, 0.29) is 11.9 Å². The van der Waals surface area contributed by atoms with Gasteiger partial charge in [0.1, 0.15) is 11.5 Å². The van der Waals surface area contributed by atoms with Crippen LogP contribution >= 0.6 is 11.3 Å². The van der Waals surface area contributed by atoms with Gasteiger partial charge in [-0.15, -0.1) is 0 Å². The highest BCUT2D eigenvalue weighted by Crippen LogP contribution is 2.21. The summed E-state index contributed by atoms with van der Waals surface area (Å²) in [7, 11) is 0. The molecule has 4 aromatic rings. The molecule has 0 saturated carbocycles. The molecule has 0 fully saturated rings. The first-order valence-electron chi connectivity index (χ1n) is 15.4. The summed E-state index contributed by atoms with van der Waals surface area (Å²) in [5, 5.41) is 3.59. The molecular formula is C37H41NO4S. The molecule has 1 heterocycles. The van der Waals surface area contributed by atoms with Crippen LogP contribution in [-0.2, 0) is 6.42 Å². The van der Waals surface area contributed by atoms with E-state index in [1.807, 2.05) is 41.8 Å². The summed E-state index contributed by atoms with van der Waals surface area (Å²) in [5.41, 5.74) is 3.93. The van der Waals surface area contributed by atoms with Gasteiger partial charge in [-0.2, -0.15) is 11.3 Å². The number of rotatable bonds is 17. The van der Waals surface area contributed by atoms with Gasteiger partial charge < -0.3 is 9.47 Å². The van der Waals surface area contributed by atoms with Crippen LogP contribution in [0, 0.1) is 0 Å². The molecule has 0 atom stereocenters. The molecule has 0 spiro atoms. The molecule has 3 aromatic carbocycles. The van der Waals surface area contributed by atoms with Crippen molar-refractivity contribution in [2.24, 2.45) is 4.99 Å². The zero-order valence-electron chi connectivity index (χ0n) is 25.0. The molecule has 0 bridgehead atoms. The maximum Gasteiger partial charge on any atom is 0.344 e. The quantitative estimate of drug-likeness (QED) is 0.0527. The highest BCUT2D eigenvalue weighted by atomic mass is 32.1. The van der Waals surface area contributed by atoms with Crippen LogP contribution < -0.4 is 9.47 Å². The summed E-state index contributed by atoms with van der Waals surface area (Å²) in [6.07, 6.45) is 16.1. The van der Waals surface area contributed by atoms with Gasteiger partial charge in [-0.1, -0.05) is 76.8 Å². The predicted molar refractivity (Wildman–Crippen MR) is 176 cm³/mol. The van der Waals surface area contributed by atoms with E-state index in [0.29, 0.717) is 22.6 Å². The van der Waals surface area contributed by atoms with Gasteiger partial charge in [-0.3, -0.25) is 4.99 Å². The van der Waals surface area contributed by atoms with Crippen LogP contribution in [-0.4, -0.2) is 18.2 Å². The van der Waals surface area contributed by atoms with Crippen molar-refractivity contribution in [3.05, 3.63) is 112 Å². The Labute approximate surface area is 259 Å². The molecule has 0 radical (unpaired) electrons. The summed E-state index contributed by atoms with van der Waals surface area (Å²) in [6, 6.07) is 23.7. The molecule has 4 rings (SSSR count). The zero-order valence-corrected chi connectivity index (χ0v) is 25.8. The fraction of sp³-hybridized carbons (Fsp3) is 0.324. The van der Waals surface area contributed by atoms with Crippen LogP contribution in [0.1, 0.15) is 103 Å². The van der Waals surface area contributed by atoms with Gasteiger partial charge >= 0.3 is 11.9 Å². The number of thiophene rings is 1. The largest absolute Gasteiger partial charge is 0.423 e. The number of ether oxygens (including phenoxy) is 2. The van der Waals surface area contributed by atoms with Gasteiger partial charge in [0.2, 0.25) is 0 Å². The van der Waals surface area contributed by atoms with Gasteiger partial charge in [0.25, 0.3) is 0 Å². The molecular weight excluding hydrogens is 554 g/mol. The lowest BCUT2D eigenvalue weighted by Crippen LogP contribution is -2.08. The Hall–Kier alpha value is -4.03. The molecule has 0 N–H and O–H groups in total. The van der Waals surface area contributed by atoms with Crippen molar-refractivity contribution in [1.82, 2.24) is 0 Å². The predicted octanol–water partition coefficient (Wildman–Crippen LogP) is 10.4. The monoisotopic (exact) mass is 595 g/mol. The lowest BCUT2D eigenvalue weighted by Gasteiger charge is -2.06. The van der Waals surface area contributed by atoms with Crippen molar-refractivity contribution in [3.8, 4) is 11.5 Å². The fourth-order valence-corrected chi connectivity index (χ4v) is 5.33. The summed E-state index contributed by atoms with van der Waals surface area (Å²) >= 11 is 1.45. The average Bonchev–Trinajstić information content (AvgIpc) is 3.58. The number of esters is 2. The summed E-state index contributed by atoms with van der Waals surface area (Å²) in [5.74, 6) is 0.194. The van der Waals surface area contributed by atoms with Crippen molar-refractivity contribution in [1.29, 1.82) is 0 Å². The lowest BCUT2D eigenvalue weighted by atomic mass is 10.0. The highest BCUT2D eigenvalue weighted by Gasteiger charge is 2.10. The van der Waals surface area contributed by atoms with Gasteiger partial charge in [0.15, 0.2) is 0 Å². The van der Waals surface area contributed by atoms with E-state index in [4.69, 9.17) is 9.47 Å². The Balaban J connectivity index is 1.15.